The van der Waals surface area contributed by atoms with Crippen molar-refractivity contribution in [2.45, 2.75) is 20.3 Å². The molecule has 1 fully saturated rings. The third-order valence-corrected chi connectivity index (χ3v) is 4.10. The van der Waals surface area contributed by atoms with Crippen LogP contribution in [0.5, 0.6) is 0 Å². The Bertz CT molecular complexity index is 616. The third-order valence-electron chi connectivity index (χ3n) is 4.10. The van der Waals surface area contributed by atoms with Crippen LogP contribution < -0.4 is 5.32 Å². The second-order valence-electron chi connectivity index (χ2n) is 6.65. The Balaban J connectivity index is 2.02. The first-order chi connectivity index (χ1) is 11.9. The maximum absolute atomic E-state index is 13.4. The first kappa shape index (κ1) is 19.3. The molecule has 1 aliphatic heterocycles. The molecule has 5 nitrogen and oxygen atoms in total. The second-order valence-corrected chi connectivity index (χ2v) is 6.65. The number of carbonyl (C=O) groups is 2. The van der Waals surface area contributed by atoms with E-state index >= 15 is 0 Å². The number of hydrogen-bond acceptors (Lipinski definition) is 3. The topological polar surface area (TPSA) is 52.7 Å². The molecule has 1 saturated heterocycles. The first-order valence-corrected chi connectivity index (χ1v) is 8.61. The van der Waals surface area contributed by atoms with Gasteiger partial charge in [0.05, 0.1) is 0 Å². The van der Waals surface area contributed by atoms with E-state index in [0.29, 0.717) is 19.6 Å². The maximum Gasteiger partial charge on any atom is 0.253 e. The van der Waals surface area contributed by atoms with Crippen molar-refractivity contribution >= 4 is 11.8 Å². The number of carbonyl (C=O) groups excluding carboxylic acids is 2. The highest BCUT2D eigenvalue weighted by Crippen LogP contribution is 2.13. The maximum atomic E-state index is 13.4. The average molecular weight is 353 g/mol. The highest BCUT2D eigenvalue weighted by molar-refractivity contribution is 5.94. The summed E-state index contributed by atoms with van der Waals surface area (Å²) in [5, 5.41) is 3.19. The van der Waals surface area contributed by atoms with Gasteiger partial charge in [-0.1, -0.05) is 13.8 Å². The fraction of sp³-hybridized carbons (Fsp3) is 0.556. The van der Waals surface area contributed by atoms with E-state index in [2.05, 4.69) is 5.32 Å². The largest absolute Gasteiger partial charge is 0.340 e. The minimum atomic E-state index is -1.05. The Hall–Kier alpha value is -2.02. The van der Waals surface area contributed by atoms with Gasteiger partial charge < -0.3 is 15.1 Å². The summed E-state index contributed by atoms with van der Waals surface area (Å²) in [4.78, 5) is 28.3. The van der Waals surface area contributed by atoms with Gasteiger partial charge in [-0.2, -0.15) is 0 Å². The Morgan fingerprint density at radius 1 is 1.20 bits per heavy atom. The fourth-order valence-electron chi connectivity index (χ4n) is 2.83. The van der Waals surface area contributed by atoms with Gasteiger partial charge in [0, 0.05) is 51.3 Å². The standard InChI is InChI=1S/C18H25F2N3O2/c1-13(2)12-23(8-5-17(24)22-9-6-21-7-10-22)18(25)14-3-4-15(19)16(20)11-14/h3-4,11,13,21H,5-10,12H2,1-2H3. The van der Waals surface area contributed by atoms with Crippen LogP contribution in [0, 0.1) is 17.6 Å². The van der Waals surface area contributed by atoms with Gasteiger partial charge >= 0.3 is 0 Å². The lowest BCUT2D eigenvalue weighted by atomic mass is 10.1. The molecule has 138 valence electrons. The highest BCUT2D eigenvalue weighted by Gasteiger charge is 2.22. The summed E-state index contributed by atoms with van der Waals surface area (Å²) >= 11 is 0. The van der Waals surface area contributed by atoms with Gasteiger partial charge in [0.1, 0.15) is 0 Å². The number of rotatable bonds is 6. The average Bonchev–Trinajstić information content (AvgIpc) is 2.60. The molecule has 0 saturated carbocycles. The van der Waals surface area contributed by atoms with Gasteiger partial charge in [-0.25, -0.2) is 8.78 Å². The summed E-state index contributed by atoms with van der Waals surface area (Å²) < 4.78 is 26.5. The molecule has 0 atom stereocenters. The molecule has 0 aliphatic carbocycles. The lowest BCUT2D eigenvalue weighted by Crippen LogP contribution is -2.47. The Morgan fingerprint density at radius 3 is 2.48 bits per heavy atom. The summed E-state index contributed by atoms with van der Waals surface area (Å²) in [7, 11) is 0. The van der Waals surface area contributed by atoms with Crippen LogP contribution in [-0.4, -0.2) is 60.9 Å². The molecule has 25 heavy (non-hydrogen) atoms. The minimum Gasteiger partial charge on any atom is -0.340 e. The molecule has 7 heteroatoms. The van der Waals surface area contributed by atoms with Crippen LogP contribution in [0.3, 0.4) is 0 Å². The third kappa shape index (κ3) is 5.49. The molecule has 1 aliphatic rings. The Labute approximate surface area is 147 Å². The van der Waals surface area contributed by atoms with Crippen molar-refractivity contribution in [1.29, 1.82) is 0 Å². The zero-order chi connectivity index (χ0) is 18.4. The highest BCUT2D eigenvalue weighted by atomic mass is 19.2. The molecule has 1 heterocycles. The molecule has 0 spiro atoms. The number of nitrogens with zero attached hydrogens (tertiary/aromatic N) is 2. The van der Waals surface area contributed by atoms with Gasteiger partial charge in [0.15, 0.2) is 11.6 Å². The number of benzene rings is 1. The second kappa shape index (κ2) is 8.89. The summed E-state index contributed by atoms with van der Waals surface area (Å²) in [6.07, 6.45) is 0.224. The van der Waals surface area contributed by atoms with Crippen LogP contribution in [0.15, 0.2) is 18.2 Å². The predicted octanol–water partition coefficient (Wildman–Crippen LogP) is 1.88. The molecule has 1 aromatic carbocycles. The number of hydrogen-bond donors (Lipinski definition) is 1. The van der Waals surface area contributed by atoms with Crippen molar-refractivity contribution in [2.75, 3.05) is 39.3 Å². The molecule has 2 rings (SSSR count). The van der Waals surface area contributed by atoms with E-state index in [1.54, 1.807) is 4.90 Å². The van der Waals surface area contributed by atoms with E-state index in [1.807, 2.05) is 13.8 Å². The van der Waals surface area contributed by atoms with Gasteiger partial charge in [-0.05, 0) is 24.1 Å². The van der Waals surface area contributed by atoms with E-state index in [-0.39, 0.29) is 36.3 Å². The SMILES string of the molecule is CC(C)CN(CCC(=O)N1CCNCC1)C(=O)c1ccc(F)c(F)c1. The number of nitrogens with one attached hydrogen (secondary N) is 1. The molecule has 0 bridgehead atoms. The number of halogens is 2. The van der Waals surface area contributed by atoms with Crippen LogP contribution in [0.2, 0.25) is 0 Å². The molecular weight excluding hydrogens is 328 g/mol. The van der Waals surface area contributed by atoms with E-state index in [9.17, 15) is 18.4 Å². The van der Waals surface area contributed by atoms with Crippen molar-refractivity contribution in [1.82, 2.24) is 15.1 Å². The van der Waals surface area contributed by atoms with Crippen LogP contribution in [0.25, 0.3) is 0 Å². The van der Waals surface area contributed by atoms with Crippen LogP contribution in [-0.2, 0) is 4.79 Å². The summed E-state index contributed by atoms with van der Waals surface area (Å²) in [5.74, 6) is -2.22. The summed E-state index contributed by atoms with van der Waals surface area (Å²) in [6.45, 7) is 7.52. The van der Waals surface area contributed by atoms with Crippen LogP contribution in [0.4, 0.5) is 8.78 Å². The zero-order valence-corrected chi connectivity index (χ0v) is 14.7. The van der Waals surface area contributed by atoms with Gasteiger partial charge in [0.25, 0.3) is 5.91 Å². The van der Waals surface area contributed by atoms with E-state index < -0.39 is 11.6 Å². The van der Waals surface area contributed by atoms with E-state index in [0.717, 1.165) is 25.2 Å². The quantitative estimate of drug-likeness (QED) is 0.850. The molecule has 0 unspecified atom stereocenters. The summed E-state index contributed by atoms with van der Waals surface area (Å²) in [5.41, 5.74) is 0.0918. The Morgan fingerprint density at radius 2 is 1.88 bits per heavy atom. The molecule has 1 aromatic rings. The Kier molecular flexibility index (Phi) is 6.87. The summed E-state index contributed by atoms with van der Waals surface area (Å²) in [6, 6.07) is 3.12. The molecule has 0 aromatic heterocycles. The lowest BCUT2D eigenvalue weighted by Gasteiger charge is -2.29. The van der Waals surface area contributed by atoms with Crippen molar-refractivity contribution < 1.29 is 18.4 Å². The van der Waals surface area contributed by atoms with Crippen molar-refractivity contribution in [3.8, 4) is 0 Å². The van der Waals surface area contributed by atoms with Gasteiger partial charge in [-0.15, -0.1) is 0 Å². The van der Waals surface area contributed by atoms with Gasteiger partial charge in [0.2, 0.25) is 5.91 Å². The smallest absolute Gasteiger partial charge is 0.253 e. The molecular formula is C18H25F2N3O2. The van der Waals surface area contributed by atoms with E-state index in [4.69, 9.17) is 0 Å². The first-order valence-electron chi connectivity index (χ1n) is 8.61. The predicted molar refractivity (Wildman–Crippen MR) is 91.2 cm³/mol. The normalized spacial score (nSPS) is 14.7. The molecule has 0 radical (unpaired) electrons. The van der Waals surface area contributed by atoms with Gasteiger partial charge in [-0.3, -0.25) is 9.59 Å². The van der Waals surface area contributed by atoms with Crippen LogP contribution in [0.1, 0.15) is 30.6 Å². The fourth-order valence-corrected chi connectivity index (χ4v) is 2.83. The number of amides is 2. The zero-order valence-electron chi connectivity index (χ0n) is 14.7. The number of piperazine rings is 1. The minimum absolute atomic E-state index is 0.00772. The van der Waals surface area contributed by atoms with E-state index in [1.165, 1.54) is 11.0 Å². The lowest BCUT2D eigenvalue weighted by molar-refractivity contribution is -0.132. The monoisotopic (exact) mass is 353 g/mol. The van der Waals surface area contributed by atoms with Crippen molar-refractivity contribution in [3.63, 3.8) is 0 Å². The van der Waals surface area contributed by atoms with Crippen molar-refractivity contribution in [2.24, 2.45) is 5.92 Å². The van der Waals surface area contributed by atoms with Crippen molar-refractivity contribution in [3.05, 3.63) is 35.4 Å². The van der Waals surface area contributed by atoms with Crippen LogP contribution >= 0.6 is 0 Å². The molecule has 2 amide bonds. The molecule has 1 N–H and O–H groups in total.